The first-order valence-corrected chi connectivity index (χ1v) is 13.1. The molecule has 1 atom stereocenters. The second kappa shape index (κ2) is 10.7. The first-order valence-electron chi connectivity index (χ1n) is 12.0. The van der Waals surface area contributed by atoms with Crippen LogP contribution in [0.1, 0.15) is 56.3 Å². The molecule has 3 aromatic rings. The molecule has 1 fully saturated rings. The molecule has 1 heterocycles. The van der Waals surface area contributed by atoms with Gasteiger partial charge < -0.3 is 19.8 Å². The van der Waals surface area contributed by atoms with Crippen LogP contribution in [0, 0.1) is 0 Å². The van der Waals surface area contributed by atoms with Gasteiger partial charge in [-0.25, -0.2) is 9.78 Å². The third-order valence-electron chi connectivity index (χ3n) is 5.90. The average molecular weight is 510 g/mol. The van der Waals surface area contributed by atoms with E-state index in [4.69, 9.17) is 9.15 Å². The molecule has 36 heavy (non-hydrogen) atoms. The van der Waals surface area contributed by atoms with E-state index in [0.717, 1.165) is 12.0 Å². The number of carbonyl (C=O) groups excluding carboxylic acids is 3. The van der Waals surface area contributed by atoms with Crippen LogP contribution >= 0.6 is 11.8 Å². The predicted octanol–water partition coefficient (Wildman–Crippen LogP) is 4.88. The fourth-order valence-corrected chi connectivity index (χ4v) is 4.95. The molecule has 1 saturated carbocycles. The van der Waals surface area contributed by atoms with Crippen molar-refractivity contribution < 1.29 is 23.5 Å². The monoisotopic (exact) mass is 509 g/mol. The van der Waals surface area contributed by atoms with Crippen molar-refractivity contribution in [2.45, 2.75) is 63.0 Å². The number of amides is 2. The highest BCUT2D eigenvalue weighted by Crippen LogP contribution is 2.35. The van der Waals surface area contributed by atoms with E-state index in [9.17, 15) is 14.4 Å². The standard InChI is InChI=1S/C27H31N3O5S/c1-26(2,3)35-25(33)29-20(17-36-16-18-10-5-4-6-11-18)23(32)30-27(14-9-15-27)22(31)24-28-19-12-7-8-13-21(19)34-24/h4-8,10-13,20H,9,14-17H2,1-3H3,(H,29,33)(H,30,32). The lowest BCUT2D eigenvalue weighted by Crippen LogP contribution is -2.63. The highest BCUT2D eigenvalue weighted by molar-refractivity contribution is 7.98. The van der Waals surface area contributed by atoms with Gasteiger partial charge in [-0.2, -0.15) is 11.8 Å². The van der Waals surface area contributed by atoms with Crippen LogP contribution in [0.3, 0.4) is 0 Å². The Labute approximate surface area is 214 Å². The average Bonchev–Trinajstić information content (AvgIpc) is 3.24. The molecular weight excluding hydrogens is 478 g/mol. The molecule has 0 bridgehead atoms. The van der Waals surface area contributed by atoms with E-state index >= 15 is 0 Å². The van der Waals surface area contributed by atoms with Crippen LogP contribution in [0.2, 0.25) is 0 Å². The largest absolute Gasteiger partial charge is 0.444 e. The number of ketones is 1. The van der Waals surface area contributed by atoms with Crippen LogP contribution in [-0.4, -0.2) is 45.7 Å². The Bertz CT molecular complexity index is 1200. The van der Waals surface area contributed by atoms with Gasteiger partial charge in [0.25, 0.3) is 5.89 Å². The first kappa shape index (κ1) is 25.8. The Kier molecular flexibility index (Phi) is 7.68. The normalized spacial score (nSPS) is 15.5. The summed E-state index contributed by atoms with van der Waals surface area (Å²) < 4.78 is 11.1. The molecule has 0 radical (unpaired) electrons. The van der Waals surface area contributed by atoms with E-state index in [1.807, 2.05) is 42.5 Å². The van der Waals surface area contributed by atoms with Crippen molar-refractivity contribution >= 4 is 40.6 Å². The number of aromatic nitrogens is 1. The molecule has 8 nitrogen and oxygen atoms in total. The number of nitrogens with zero attached hydrogens (tertiary/aromatic N) is 1. The Balaban J connectivity index is 1.47. The van der Waals surface area contributed by atoms with Crippen molar-refractivity contribution in [1.29, 1.82) is 0 Å². The maximum Gasteiger partial charge on any atom is 0.408 e. The summed E-state index contributed by atoms with van der Waals surface area (Å²) in [7, 11) is 0. The van der Waals surface area contributed by atoms with Gasteiger partial charge >= 0.3 is 6.09 Å². The summed E-state index contributed by atoms with van der Waals surface area (Å²) in [6.45, 7) is 5.27. The summed E-state index contributed by atoms with van der Waals surface area (Å²) in [5.74, 6) is 0.170. The number of oxazole rings is 1. The molecule has 0 saturated heterocycles. The quantitative estimate of drug-likeness (QED) is 0.396. The van der Waals surface area contributed by atoms with Crippen LogP contribution in [-0.2, 0) is 15.3 Å². The van der Waals surface area contributed by atoms with E-state index < -0.39 is 29.2 Å². The summed E-state index contributed by atoms with van der Waals surface area (Å²) in [5, 5.41) is 5.60. The number of rotatable bonds is 9. The molecule has 2 N–H and O–H groups in total. The second-order valence-corrected chi connectivity index (χ2v) is 11.0. The molecule has 190 valence electrons. The number of alkyl carbamates (subject to hydrolysis) is 1. The number of carbonyl (C=O) groups is 3. The van der Waals surface area contributed by atoms with Crippen molar-refractivity contribution in [3.63, 3.8) is 0 Å². The Morgan fingerprint density at radius 2 is 1.78 bits per heavy atom. The summed E-state index contributed by atoms with van der Waals surface area (Å²) in [6.07, 6.45) is 1.06. The van der Waals surface area contributed by atoms with Crippen molar-refractivity contribution in [3.8, 4) is 0 Å². The lowest BCUT2D eigenvalue weighted by molar-refractivity contribution is -0.125. The van der Waals surface area contributed by atoms with E-state index in [-0.39, 0.29) is 11.7 Å². The van der Waals surface area contributed by atoms with Gasteiger partial charge in [0, 0.05) is 11.5 Å². The number of Topliss-reactive ketones (excluding diaryl/α,β-unsaturated/α-hetero) is 1. The minimum absolute atomic E-state index is 0.0219. The zero-order chi connectivity index (χ0) is 25.8. The zero-order valence-corrected chi connectivity index (χ0v) is 21.5. The third kappa shape index (κ3) is 6.26. The van der Waals surface area contributed by atoms with Gasteiger partial charge in [-0.3, -0.25) is 9.59 Å². The van der Waals surface area contributed by atoms with Crippen molar-refractivity contribution in [1.82, 2.24) is 15.6 Å². The van der Waals surface area contributed by atoms with Crippen LogP contribution in [0.5, 0.6) is 0 Å². The van der Waals surface area contributed by atoms with E-state index in [1.165, 1.54) is 11.8 Å². The summed E-state index contributed by atoms with van der Waals surface area (Å²) >= 11 is 1.52. The number of para-hydroxylation sites is 2. The van der Waals surface area contributed by atoms with Gasteiger partial charge in [0.05, 0.1) is 0 Å². The number of nitrogens with one attached hydrogen (secondary N) is 2. The van der Waals surface area contributed by atoms with Crippen LogP contribution in [0.25, 0.3) is 11.1 Å². The minimum atomic E-state index is -1.10. The van der Waals surface area contributed by atoms with Gasteiger partial charge in [-0.05, 0) is 57.7 Å². The molecule has 2 amide bonds. The molecule has 1 aliphatic rings. The smallest absolute Gasteiger partial charge is 0.408 e. The number of thioether (sulfide) groups is 1. The molecule has 0 aliphatic heterocycles. The first-order chi connectivity index (χ1) is 17.2. The molecule has 2 aromatic carbocycles. The summed E-state index contributed by atoms with van der Waals surface area (Å²) in [6, 6.07) is 16.1. The van der Waals surface area contributed by atoms with E-state index in [1.54, 1.807) is 32.9 Å². The topological polar surface area (TPSA) is 111 Å². The Morgan fingerprint density at radius 3 is 2.42 bits per heavy atom. The van der Waals surface area contributed by atoms with Crippen LogP contribution < -0.4 is 10.6 Å². The van der Waals surface area contributed by atoms with Gasteiger partial charge in [-0.15, -0.1) is 0 Å². The summed E-state index contributed by atoms with van der Waals surface area (Å²) in [5.41, 5.74) is 0.406. The number of ether oxygens (including phenoxy) is 1. The van der Waals surface area contributed by atoms with Crippen LogP contribution in [0.4, 0.5) is 4.79 Å². The number of benzene rings is 2. The lowest BCUT2D eigenvalue weighted by Gasteiger charge is -2.40. The highest BCUT2D eigenvalue weighted by Gasteiger charge is 2.48. The molecule has 4 rings (SSSR count). The summed E-state index contributed by atoms with van der Waals surface area (Å²) in [4.78, 5) is 43.6. The maximum atomic E-state index is 13.4. The molecular formula is C27H31N3O5S. The number of hydrogen-bond acceptors (Lipinski definition) is 7. The van der Waals surface area contributed by atoms with Crippen molar-refractivity contribution in [2.75, 3.05) is 5.75 Å². The zero-order valence-electron chi connectivity index (χ0n) is 20.7. The highest BCUT2D eigenvalue weighted by atomic mass is 32.2. The lowest BCUT2D eigenvalue weighted by atomic mass is 9.73. The van der Waals surface area contributed by atoms with Crippen molar-refractivity contribution in [3.05, 3.63) is 66.1 Å². The third-order valence-corrected chi connectivity index (χ3v) is 7.00. The van der Waals surface area contributed by atoms with Gasteiger partial charge in [0.2, 0.25) is 11.7 Å². The molecule has 1 aliphatic carbocycles. The minimum Gasteiger partial charge on any atom is -0.444 e. The molecule has 9 heteroatoms. The maximum absolute atomic E-state index is 13.4. The van der Waals surface area contributed by atoms with Gasteiger partial charge in [0.1, 0.15) is 22.7 Å². The van der Waals surface area contributed by atoms with Crippen molar-refractivity contribution in [2.24, 2.45) is 0 Å². The fourth-order valence-electron chi connectivity index (χ4n) is 3.94. The SMILES string of the molecule is CC(C)(C)OC(=O)NC(CSCc1ccccc1)C(=O)NC1(C(=O)c2nc3ccccc3o2)CCC1. The second-order valence-electron chi connectivity index (χ2n) is 9.94. The Hall–Kier alpha value is -3.33. The molecule has 0 spiro atoms. The number of hydrogen-bond donors (Lipinski definition) is 2. The van der Waals surface area contributed by atoms with Gasteiger partial charge in [-0.1, -0.05) is 42.5 Å². The Morgan fingerprint density at radius 1 is 1.08 bits per heavy atom. The molecule has 1 aromatic heterocycles. The fraction of sp³-hybridized carbons (Fsp3) is 0.407. The van der Waals surface area contributed by atoms with E-state index in [0.29, 0.717) is 35.4 Å². The molecule has 1 unspecified atom stereocenters. The number of fused-ring (bicyclic) bond motifs is 1. The van der Waals surface area contributed by atoms with Gasteiger partial charge in [0.15, 0.2) is 5.58 Å². The van der Waals surface area contributed by atoms with E-state index in [2.05, 4.69) is 15.6 Å². The predicted molar refractivity (Wildman–Crippen MR) is 139 cm³/mol. The van der Waals surface area contributed by atoms with Crippen LogP contribution in [0.15, 0.2) is 59.0 Å².